The standard InChI is InChI=1S/C22H16O2/c1-13(23)19-12-20-21(17-9-5-4-8-16(17)19)18-11-10-14-6-2-3-7-15(14)22(18)24-20/h2-13,23H,1H3. The van der Waals surface area contributed by atoms with E-state index in [1.165, 1.54) is 5.39 Å². The van der Waals surface area contributed by atoms with Crippen molar-refractivity contribution >= 4 is 43.5 Å². The highest BCUT2D eigenvalue weighted by atomic mass is 16.3. The van der Waals surface area contributed by atoms with Gasteiger partial charge in [-0.1, -0.05) is 54.6 Å². The normalized spacial score (nSPS) is 13.2. The van der Waals surface area contributed by atoms with Gasteiger partial charge in [-0.25, -0.2) is 0 Å². The molecule has 5 aromatic rings. The Balaban J connectivity index is 2.07. The minimum absolute atomic E-state index is 0.538. The van der Waals surface area contributed by atoms with Crippen LogP contribution in [0.1, 0.15) is 18.6 Å². The average Bonchev–Trinajstić information content (AvgIpc) is 3.00. The van der Waals surface area contributed by atoms with E-state index in [2.05, 4.69) is 36.4 Å². The molecule has 4 aromatic carbocycles. The SMILES string of the molecule is CC(O)c1cc2oc3c4ccccc4ccc3c2c2ccccc12. The Bertz CT molecular complexity index is 1230. The van der Waals surface area contributed by atoms with Gasteiger partial charge in [-0.3, -0.25) is 0 Å². The van der Waals surface area contributed by atoms with Crippen LogP contribution in [0, 0.1) is 0 Å². The zero-order valence-electron chi connectivity index (χ0n) is 13.3. The van der Waals surface area contributed by atoms with Crippen LogP contribution in [0.25, 0.3) is 43.5 Å². The quantitative estimate of drug-likeness (QED) is 0.415. The molecule has 1 heterocycles. The third kappa shape index (κ3) is 1.75. The maximum Gasteiger partial charge on any atom is 0.143 e. The van der Waals surface area contributed by atoms with Crippen LogP contribution in [0.4, 0.5) is 0 Å². The van der Waals surface area contributed by atoms with Crippen molar-refractivity contribution in [3.8, 4) is 0 Å². The number of aliphatic hydroxyl groups is 1. The molecule has 0 saturated carbocycles. The first kappa shape index (κ1) is 13.6. The van der Waals surface area contributed by atoms with E-state index in [1.54, 1.807) is 6.92 Å². The fourth-order valence-electron chi connectivity index (χ4n) is 3.74. The van der Waals surface area contributed by atoms with Crippen LogP contribution in [-0.4, -0.2) is 5.11 Å². The van der Waals surface area contributed by atoms with E-state index in [-0.39, 0.29) is 0 Å². The highest BCUT2D eigenvalue weighted by molar-refractivity contribution is 6.23. The van der Waals surface area contributed by atoms with Gasteiger partial charge in [0.25, 0.3) is 0 Å². The Morgan fingerprint density at radius 3 is 2.29 bits per heavy atom. The summed E-state index contributed by atoms with van der Waals surface area (Å²) in [5.74, 6) is 0. The smallest absolute Gasteiger partial charge is 0.143 e. The van der Waals surface area contributed by atoms with Crippen molar-refractivity contribution in [2.24, 2.45) is 0 Å². The second-order valence-electron chi connectivity index (χ2n) is 6.33. The van der Waals surface area contributed by atoms with E-state index >= 15 is 0 Å². The molecule has 1 atom stereocenters. The molecular formula is C22H16O2. The van der Waals surface area contributed by atoms with Crippen LogP contribution >= 0.6 is 0 Å². The van der Waals surface area contributed by atoms with E-state index in [9.17, 15) is 5.11 Å². The summed E-state index contributed by atoms with van der Waals surface area (Å²) < 4.78 is 6.25. The Labute approximate surface area is 138 Å². The summed E-state index contributed by atoms with van der Waals surface area (Å²) in [6.45, 7) is 1.80. The largest absolute Gasteiger partial charge is 0.455 e. The highest BCUT2D eigenvalue weighted by Crippen LogP contribution is 2.40. The lowest BCUT2D eigenvalue weighted by molar-refractivity contribution is 0.201. The first-order valence-corrected chi connectivity index (χ1v) is 8.18. The van der Waals surface area contributed by atoms with Crippen LogP contribution in [0.2, 0.25) is 0 Å². The number of benzene rings is 4. The van der Waals surface area contributed by atoms with E-state index in [1.807, 2.05) is 30.3 Å². The molecule has 1 aromatic heterocycles. The zero-order chi connectivity index (χ0) is 16.3. The summed E-state index contributed by atoms with van der Waals surface area (Å²) in [6.07, 6.45) is -0.538. The number of hydrogen-bond acceptors (Lipinski definition) is 2. The summed E-state index contributed by atoms with van der Waals surface area (Å²) in [5, 5.41) is 16.9. The van der Waals surface area contributed by atoms with Gasteiger partial charge in [0.05, 0.1) is 6.10 Å². The van der Waals surface area contributed by atoms with Gasteiger partial charge in [0, 0.05) is 16.2 Å². The van der Waals surface area contributed by atoms with Crippen molar-refractivity contribution in [1.29, 1.82) is 0 Å². The van der Waals surface area contributed by atoms with Gasteiger partial charge in [-0.05, 0) is 40.8 Å². The third-order valence-corrected chi connectivity index (χ3v) is 4.85. The van der Waals surface area contributed by atoms with Crippen LogP contribution in [0.3, 0.4) is 0 Å². The lowest BCUT2D eigenvalue weighted by atomic mass is 9.96. The molecule has 5 rings (SSSR count). The van der Waals surface area contributed by atoms with Gasteiger partial charge in [-0.15, -0.1) is 0 Å². The first-order chi connectivity index (χ1) is 11.7. The number of aliphatic hydroxyl groups excluding tert-OH is 1. The topological polar surface area (TPSA) is 33.4 Å². The number of hydrogen-bond donors (Lipinski definition) is 1. The highest BCUT2D eigenvalue weighted by Gasteiger charge is 2.16. The van der Waals surface area contributed by atoms with Crippen LogP contribution in [0.15, 0.2) is 71.1 Å². The number of fused-ring (bicyclic) bond motifs is 7. The molecular weight excluding hydrogens is 296 g/mol. The van der Waals surface area contributed by atoms with Crippen molar-refractivity contribution < 1.29 is 9.52 Å². The Morgan fingerprint density at radius 1 is 0.792 bits per heavy atom. The monoisotopic (exact) mass is 312 g/mol. The Morgan fingerprint density at radius 2 is 1.50 bits per heavy atom. The van der Waals surface area contributed by atoms with E-state index < -0.39 is 6.10 Å². The predicted molar refractivity (Wildman–Crippen MR) is 99.4 cm³/mol. The summed E-state index contributed by atoms with van der Waals surface area (Å²) in [4.78, 5) is 0. The van der Waals surface area contributed by atoms with Crippen LogP contribution < -0.4 is 0 Å². The molecule has 2 heteroatoms. The molecule has 0 fully saturated rings. The van der Waals surface area contributed by atoms with E-state index in [4.69, 9.17) is 4.42 Å². The summed E-state index contributed by atoms with van der Waals surface area (Å²) >= 11 is 0. The van der Waals surface area contributed by atoms with Crippen molar-refractivity contribution in [2.45, 2.75) is 13.0 Å². The molecule has 1 N–H and O–H groups in total. The number of furan rings is 1. The molecule has 0 aliphatic carbocycles. The first-order valence-electron chi connectivity index (χ1n) is 8.18. The molecule has 0 radical (unpaired) electrons. The van der Waals surface area contributed by atoms with Gasteiger partial charge in [0.15, 0.2) is 0 Å². The molecule has 0 amide bonds. The molecule has 2 nitrogen and oxygen atoms in total. The van der Waals surface area contributed by atoms with Crippen molar-refractivity contribution in [3.63, 3.8) is 0 Å². The fraction of sp³-hybridized carbons (Fsp3) is 0.0909. The van der Waals surface area contributed by atoms with Gasteiger partial charge in [0.1, 0.15) is 11.2 Å². The summed E-state index contributed by atoms with van der Waals surface area (Å²) in [6, 6.07) is 22.7. The molecule has 1 unspecified atom stereocenters. The fourth-order valence-corrected chi connectivity index (χ4v) is 3.74. The van der Waals surface area contributed by atoms with Crippen LogP contribution in [0.5, 0.6) is 0 Å². The van der Waals surface area contributed by atoms with Gasteiger partial charge < -0.3 is 9.52 Å². The van der Waals surface area contributed by atoms with Crippen molar-refractivity contribution in [1.82, 2.24) is 0 Å². The molecule has 116 valence electrons. The average molecular weight is 312 g/mol. The molecule has 0 bridgehead atoms. The summed E-state index contributed by atoms with van der Waals surface area (Å²) in [7, 11) is 0. The second-order valence-corrected chi connectivity index (χ2v) is 6.33. The minimum Gasteiger partial charge on any atom is -0.455 e. The second kappa shape index (κ2) is 4.83. The van der Waals surface area contributed by atoms with Crippen LogP contribution in [-0.2, 0) is 0 Å². The predicted octanol–water partition coefficient (Wildman–Crippen LogP) is 5.95. The van der Waals surface area contributed by atoms with Crippen molar-refractivity contribution in [2.75, 3.05) is 0 Å². The Kier molecular flexibility index (Phi) is 2.73. The third-order valence-electron chi connectivity index (χ3n) is 4.85. The van der Waals surface area contributed by atoms with Gasteiger partial charge in [0.2, 0.25) is 0 Å². The lowest BCUT2D eigenvalue weighted by Gasteiger charge is -2.10. The molecule has 0 spiro atoms. The lowest BCUT2D eigenvalue weighted by Crippen LogP contribution is -1.92. The van der Waals surface area contributed by atoms with Gasteiger partial charge >= 0.3 is 0 Å². The maximum atomic E-state index is 10.2. The van der Waals surface area contributed by atoms with E-state index in [0.29, 0.717) is 0 Å². The minimum atomic E-state index is -0.538. The molecule has 0 aliphatic heterocycles. The number of rotatable bonds is 1. The maximum absolute atomic E-state index is 10.2. The van der Waals surface area contributed by atoms with Gasteiger partial charge in [-0.2, -0.15) is 0 Å². The zero-order valence-corrected chi connectivity index (χ0v) is 13.3. The molecule has 0 saturated heterocycles. The Hall–Kier alpha value is -2.84. The van der Waals surface area contributed by atoms with E-state index in [0.717, 1.165) is 43.7 Å². The molecule has 24 heavy (non-hydrogen) atoms. The van der Waals surface area contributed by atoms with Crippen molar-refractivity contribution in [3.05, 3.63) is 72.3 Å². The summed E-state index contributed by atoms with van der Waals surface area (Å²) in [5.41, 5.74) is 2.65. The molecule has 0 aliphatic rings.